The topological polar surface area (TPSA) is 35.0 Å². The first-order chi connectivity index (χ1) is 6.27. The zero-order valence-corrected chi connectivity index (χ0v) is 9.45. The van der Waals surface area contributed by atoms with Gasteiger partial charge in [0, 0.05) is 11.9 Å². The van der Waals surface area contributed by atoms with Crippen LogP contribution < -0.4 is 0 Å². The van der Waals surface area contributed by atoms with Crippen molar-refractivity contribution in [3.05, 3.63) is 5.15 Å². The minimum Gasteiger partial charge on any atom is -0.377 e. The van der Waals surface area contributed by atoms with Gasteiger partial charge in [-0.25, -0.2) is 0 Å². The van der Waals surface area contributed by atoms with Crippen LogP contribution in [0.3, 0.4) is 0 Å². The predicted molar refractivity (Wildman–Crippen MR) is 54.6 cm³/mol. The van der Waals surface area contributed by atoms with Gasteiger partial charge in [-0.2, -0.15) is 8.75 Å². The summed E-state index contributed by atoms with van der Waals surface area (Å²) in [6.07, 6.45) is 1.36. The first kappa shape index (κ1) is 9.71. The minimum absolute atomic E-state index is 0.294. The van der Waals surface area contributed by atoms with Crippen LogP contribution in [0, 0.1) is 0 Å². The molecule has 13 heavy (non-hydrogen) atoms. The highest BCUT2D eigenvalue weighted by Gasteiger charge is 2.26. The van der Waals surface area contributed by atoms with E-state index >= 15 is 0 Å². The van der Waals surface area contributed by atoms with Crippen LogP contribution in [-0.4, -0.2) is 26.7 Å². The third kappa shape index (κ3) is 2.15. The molecule has 6 heteroatoms. The Kier molecular flexibility index (Phi) is 3.08. The first-order valence-electron chi connectivity index (χ1n) is 4.03. The summed E-state index contributed by atoms with van der Waals surface area (Å²) in [5.41, 5.74) is 0. The molecule has 72 valence electrons. The molecule has 1 aromatic heterocycles. The summed E-state index contributed by atoms with van der Waals surface area (Å²) >= 11 is 8.67. The lowest BCUT2D eigenvalue weighted by molar-refractivity contribution is 0.127. The van der Waals surface area contributed by atoms with Crippen molar-refractivity contribution in [3.8, 4) is 0 Å². The van der Waals surface area contributed by atoms with Crippen LogP contribution >= 0.6 is 35.1 Å². The minimum atomic E-state index is 0.294. The fourth-order valence-electron chi connectivity index (χ4n) is 1.25. The van der Waals surface area contributed by atoms with Gasteiger partial charge in [0.2, 0.25) is 0 Å². The van der Waals surface area contributed by atoms with E-state index in [4.69, 9.17) is 16.3 Å². The number of ether oxygens (including phenoxy) is 1. The Balaban J connectivity index is 2.01. The maximum atomic E-state index is 5.84. The van der Waals surface area contributed by atoms with E-state index in [1.807, 2.05) is 0 Å². The molecule has 0 aromatic carbocycles. The van der Waals surface area contributed by atoms with Gasteiger partial charge in [-0.15, -0.1) is 0 Å². The Morgan fingerprint density at radius 2 is 2.46 bits per heavy atom. The van der Waals surface area contributed by atoms with E-state index < -0.39 is 0 Å². The molecule has 0 bridgehead atoms. The van der Waals surface area contributed by atoms with E-state index in [0.717, 1.165) is 29.8 Å². The molecule has 0 spiro atoms. The van der Waals surface area contributed by atoms with Crippen LogP contribution in [0.1, 0.15) is 13.3 Å². The molecule has 0 saturated carbocycles. The van der Waals surface area contributed by atoms with Crippen molar-refractivity contribution in [1.82, 2.24) is 8.75 Å². The fraction of sp³-hybridized carbons (Fsp3) is 0.714. The molecule has 3 nitrogen and oxygen atoms in total. The van der Waals surface area contributed by atoms with Gasteiger partial charge < -0.3 is 4.74 Å². The van der Waals surface area contributed by atoms with Gasteiger partial charge in [0.25, 0.3) is 0 Å². The van der Waals surface area contributed by atoms with Crippen molar-refractivity contribution in [2.75, 3.05) is 6.61 Å². The third-order valence-electron chi connectivity index (χ3n) is 1.99. The molecule has 1 aliphatic rings. The number of aromatic nitrogens is 2. The number of halogens is 1. The van der Waals surface area contributed by atoms with Crippen molar-refractivity contribution in [3.63, 3.8) is 0 Å². The standard InChI is InChI=1S/C7H9ClN2OS2/c1-4-5(2-3-11-4)12-7-6(8)9-13-10-7/h4-5H,2-3H2,1H3. The van der Waals surface area contributed by atoms with Crippen molar-refractivity contribution < 1.29 is 4.74 Å². The second-order valence-electron chi connectivity index (χ2n) is 2.88. The summed E-state index contributed by atoms with van der Waals surface area (Å²) in [7, 11) is 0. The number of nitrogens with zero attached hydrogens (tertiary/aromatic N) is 2. The van der Waals surface area contributed by atoms with Crippen molar-refractivity contribution in [1.29, 1.82) is 0 Å². The molecule has 1 aliphatic heterocycles. The monoisotopic (exact) mass is 236 g/mol. The van der Waals surface area contributed by atoms with E-state index in [2.05, 4.69) is 15.7 Å². The molecular formula is C7H9ClN2OS2. The molecule has 0 radical (unpaired) electrons. The van der Waals surface area contributed by atoms with Gasteiger partial charge in [0.15, 0.2) is 5.15 Å². The van der Waals surface area contributed by atoms with Gasteiger partial charge >= 0.3 is 0 Å². The number of hydrogen-bond acceptors (Lipinski definition) is 5. The molecule has 1 fully saturated rings. The van der Waals surface area contributed by atoms with Crippen molar-refractivity contribution in [2.24, 2.45) is 0 Å². The van der Waals surface area contributed by atoms with Crippen molar-refractivity contribution in [2.45, 2.75) is 29.7 Å². The average molecular weight is 237 g/mol. The van der Waals surface area contributed by atoms with Crippen LogP contribution in [0.5, 0.6) is 0 Å². The quantitative estimate of drug-likeness (QED) is 0.790. The normalized spacial score (nSPS) is 28.2. The van der Waals surface area contributed by atoms with Crippen molar-refractivity contribution >= 4 is 35.1 Å². The van der Waals surface area contributed by atoms with Gasteiger partial charge in [-0.05, 0) is 13.3 Å². The maximum absolute atomic E-state index is 5.84. The largest absolute Gasteiger partial charge is 0.377 e. The van der Waals surface area contributed by atoms with E-state index in [1.54, 1.807) is 11.8 Å². The van der Waals surface area contributed by atoms with Crippen LogP contribution in [0.15, 0.2) is 5.03 Å². The zero-order chi connectivity index (χ0) is 9.26. The molecule has 0 aliphatic carbocycles. The smallest absolute Gasteiger partial charge is 0.176 e. The Labute approximate surface area is 90.2 Å². The Bertz CT molecular complexity index is 294. The average Bonchev–Trinajstić information content (AvgIpc) is 2.65. The molecule has 2 atom stereocenters. The number of thioether (sulfide) groups is 1. The molecule has 1 aromatic rings. The summed E-state index contributed by atoms with van der Waals surface area (Å²) in [4.78, 5) is 0. The van der Waals surface area contributed by atoms with E-state index in [1.165, 1.54) is 0 Å². The number of rotatable bonds is 2. The summed E-state index contributed by atoms with van der Waals surface area (Å²) in [6, 6.07) is 0. The third-order valence-corrected chi connectivity index (χ3v) is 4.54. The lowest BCUT2D eigenvalue weighted by Crippen LogP contribution is -2.13. The molecule has 0 amide bonds. The maximum Gasteiger partial charge on any atom is 0.176 e. The van der Waals surface area contributed by atoms with Crippen LogP contribution in [-0.2, 0) is 4.74 Å². The first-order valence-corrected chi connectivity index (χ1v) is 6.02. The fourth-order valence-corrected chi connectivity index (χ4v) is 3.17. The van der Waals surface area contributed by atoms with E-state index in [-0.39, 0.29) is 0 Å². The lowest BCUT2D eigenvalue weighted by atomic mass is 10.3. The lowest BCUT2D eigenvalue weighted by Gasteiger charge is -2.10. The van der Waals surface area contributed by atoms with Gasteiger partial charge in [-0.1, -0.05) is 23.4 Å². The summed E-state index contributed by atoms with van der Waals surface area (Å²) in [5, 5.41) is 1.84. The number of hydrogen-bond donors (Lipinski definition) is 0. The van der Waals surface area contributed by atoms with Crippen LogP contribution in [0.4, 0.5) is 0 Å². The van der Waals surface area contributed by atoms with Gasteiger partial charge in [0.1, 0.15) is 5.03 Å². The Morgan fingerprint density at radius 1 is 1.62 bits per heavy atom. The zero-order valence-electron chi connectivity index (χ0n) is 7.07. The van der Waals surface area contributed by atoms with Gasteiger partial charge in [0.05, 0.1) is 17.8 Å². The molecular weight excluding hydrogens is 228 g/mol. The van der Waals surface area contributed by atoms with Gasteiger partial charge in [-0.3, -0.25) is 0 Å². The highest BCUT2D eigenvalue weighted by atomic mass is 35.5. The second kappa shape index (κ2) is 4.13. The Morgan fingerprint density at radius 3 is 3.00 bits per heavy atom. The molecule has 2 rings (SSSR count). The van der Waals surface area contributed by atoms with E-state index in [0.29, 0.717) is 16.5 Å². The van der Waals surface area contributed by atoms with Crippen LogP contribution in [0.2, 0.25) is 5.15 Å². The Hall–Kier alpha value is 0.160. The molecule has 2 heterocycles. The predicted octanol–water partition coefficient (Wildman–Crippen LogP) is 2.46. The SMILES string of the molecule is CC1OCCC1Sc1nsnc1Cl. The van der Waals surface area contributed by atoms with Crippen LogP contribution in [0.25, 0.3) is 0 Å². The summed E-state index contributed by atoms with van der Waals surface area (Å²) in [6.45, 7) is 2.92. The second-order valence-corrected chi connectivity index (χ2v) is 5.00. The molecule has 0 N–H and O–H groups in total. The summed E-state index contributed by atoms with van der Waals surface area (Å²) in [5.74, 6) is 0. The molecule has 1 saturated heterocycles. The molecule has 2 unspecified atom stereocenters. The highest BCUT2D eigenvalue weighted by molar-refractivity contribution is 8.00. The highest BCUT2D eigenvalue weighted by Crippen LogP contribution is 2.34. The summed E-state index contributed by atoms with van der Waals surface area (Å²) < 4.78 is 13.5. The van der Waals surface area contributed by atoms with E-state index in [9.17, 15) is 0 Å².